The van der Waals surface area contributed by atoms with Crippen LogP contribution in [-0.4, -0.2) is 40.2 Å². The molecule has 0 bridgehead atoms. The molecule has 80 valence electrons. The Hall–Kier alpha value is -1.61. The van der Waals surface area contributed by atoms with Crippen molar-refractivity contribution >= 4 is 28.9 Å². The van der Waals surface area contributed by atoms with Crippen LogP contribution in [-0.2, 0) is 4.79 Å². The van der Waals surface area contributed by atoms with E-state index in [9.17, 15) is 14.4 Å². The van der Waals surface area contributed by atoms with E-state index < -0.39 is 23.2 Å². The van der Waals surface area contributed by atoms with Crippen molar-refractivity contribution < 1.29 is 14.4 Å². The van der Waals surface area contributed by atoms with E-state index in [1.54, 1.807) is 6.07 Å². The number of nitriles is 1. The van der Waals surface area contributed by atoms with Crippen LogP contribution in [0.1, 0.15) is 6.92 Å². The molecule has 1 heterocycles. The number of urea groups is 1. The van der Waals surface area contributed by atoms with Crippen LogP contribution < -0.4 is 0 Å². The fourth-order valence-electron chi connectivity index (χ4n) is 1.19. The third kappa shape index (κ3) is 2.07. The van der Waals surface area contributed by atoms with Gasteiger partial charge in [0, 0.05) is 13.1 Å². The number of amides is 4. The minimum atomic E-state index is -0.917. The molecular weight excluding hydrogens is 222 g/mol. The topological polar surface area (TPSA) is 81.5 Å². The highest BCUT2D eigenvalue weighted by molar-refractivity contribution is 6.64. The van der Waals surface area contributed by atoms with Crippen molar-refractivity contribution in [3.63, 3.8) is 0 Å². The van der Waals surface area contributed by atoms with Gasteiger partial charge in [0.15, 0.2) is 0 Å². The van der Waals surface area contributed by atoms with Crippen LogP contribution >= 0.6 is 11.6 Å². The molecule has 15 heavy (non-hydrogen) atoms. The average molecular weight is 230 g/mol. The molecule has 1 atom stereocenters. The molecule has 0 aromatic carbocycles. The normalized spacial score (nSPS) is 17.5. The van der Waals surface area contributed by atoms with E-state index in [-0.39, 0.29) is 13.1 Å². The van der Waals surface area contributed by atoms with Crippen molar-refractivity contribution in [1.82, 2.24) is 9.80 Å². The highest BCUT2D eigenvalue weighted by atomic mass is 35.5. The zero-order valence-corrected chi connectivity index (χ0v) is 8.69. The fraction of sp³-hybridized carbons (Fsp3) is 0.500. The van der Waals surface area contributed by atoms with Crippen LogP contribution in [0.4, 0.5) is 9.59 Å². The lowest BCUT2D eigenvalue weighted by Gasteiger charge is -2.14. The Bertz CT molecular complexity index is 363. The first-order chi connectivity index (χ1) is 6.99. The maximum Gasteiger partial charge on any atom is 0.334 e. The highest BCUT2D eigenvalue weighted by Crippen LogP contribution is 2.14. The van der Waals surface area contributed by atoms with E-state index in [1.807, 2.05) is 0 Å². The zero-order valence-electron chi connectivity index (χ0n) is 7.94. The summed E-state index contributed by atoms with van der Waals surface area (Å²) >= 11 is 5.13. The number of nitrogens with zero attached hydrogens (tertiary/aromatic N) is 3. The third-order valence-corrected chi connectivity index (χ3v) is 2.26. The molecule has 0 N–H and O–H groups in total. The second kappa shape index (κ2) is 4.28. The number of rotatable bonds is 1. The highest BCUT2D eigenvalue weighted by Gasteiger charge is 2.37. The second-order valence-electron chi connectivity index (χ2n) is 3.03. The van der Waals surface area contributed by atoms with Gasteiger partial charge in [-0.05, 0) is 18.5 Å². The van der Waals surface area contributed by atoms with Gasteiger partial charge < -0.3 is 0 Å². The van der Waals surface area contributed by atoms with Crippen molar-refractivity contribution in [2.75, 3.05) is 13.1 Å². The average Bonchev–Trinajstić information content (AvgIpc) is 2.57. The quantitative estimate of drug-likeness (QED) is 0.491. The Balaban J connectivity index is 2.77. The Labute approximate surface area is 91.0 Å². The van der Waals surface area contributed by atoms with Gasteiger partial charge in [0.2, 0.25) is 5.91 Å². The molecule has 0 spiro atoms. The molecule has 4 amide bonds. The van der Waals surface area contributed by atoms with Crippen molar-refractivity contribution in [3.05, 3.63) is 0 Å². The maximum absolute atomic E-state index is 11.5. The molecule has 1 saturated heterocycles. The summed E-state index contributed by atoms with van der Waals surface area (Å²) in [6.07, 6.45) is 0. The summed E-state index contributed by atoms with van der Waals surface area (Å²) in [7, 11) is 0. The molecule has 0 saturated carbocycles. The molecule has 6 nitrogen and oxygen atoms in total. The van der Waals surface area contributed by atoms with E-state index in [4.69, 9.17) is 16.9 Å². The van der Waals surface area contributed by atoms with Gasteiger partial charge in [-0.3, -0.25) is 14.5 Å². The first-order valence-corrected chi connectivity index (χ1v) is 4.58. The predicted molar refractivity (Wildman–Crippen MR) is 49.8 cm³/mol. The van der Waals surface area contributed by atoms with Gasteiger partial charge in [-0.1, -0.05) is 0 Å². The SMILES string of the molecule is CC(C#N)C(=O)N1CCN(C(=O)Cl)C1=O. The molecular formula is C8H8ClN3O3. The van der Waals surface area contributed by atoms with Gasteiger partial charge in [-0.2, -0.15) is 5.26 Å². The van der Waals surface area contributed by atoms with E-state index >= 15 is 0 Å². The van der Waals surface area contributed by atoms with E-state index in [0.717, 1.165) is 9.80 Å². The second-order valence-corrected chi connectivity index (χ2v) is 3.35. The fourth-order valence-corrected chi connectivity index (χ4v) is 1.35. The maximum atomic E-state index is 11.5. The van der Waals surface area contributed by atoms with Crippen LogP contribution in [0.5, 0.6) is 0 Å². The van der Waals surface area contributed by atoms with Crippen LogP contribution in [0.15, 0.2) is 0 Å². The first-order valence-electron chi connectivity index (χ1n) is 4.21. The Kier molecular flexibility index (Phi) is 3.27. The van der Waals surface area contributed by atoms with Crippen molar-refractivity contribution in [1.29, 1.82) is 5.26 Å². The number of imide groups is 2. The van der Waals surface area contributed by atoms with Crippen molar-refractivity contribution in [3.8, 4) is 6.07 Å². The smallest absolute Gasteiger partial charge is 0.273 e. The van der Waals surface area contributed by atoms with Crippen LogP contribution in [0.3, 0.4) is 0 Å². The number of hydrogen-bond acceptors (Lipinski definition) is 4. The minimum Gasteiger partial charge on any atom is -0.273 e. The van der Waals surface area contributed by atoms with Gasteiger partial charge in [0.05, 0.1) is 6.07 Å². The summed E-state index contributed by atoms with van der Waals surface area (Å²) in [5.41, 5.74) is 0. The third-order valence-electron chi connectivity index (χ3n) is 2.05. The van der Waals surface area contributed by atoms with Crippen LogP contribution in [0.25, 0.3) is 0 Å². The van der Waals surface area contributed by atoms with Gasteiger partial charge in [-0.25, -0.2) is 9.69 Å². The number of carbonyl (C=O) groups excluding carboxylic acids is 3. The first kappa shape index (κ1) is 11.5. The van der Waals surface area contributed by atoms with Gasteiger partial charge >= 0.3 is 11.4 Å². The van der Waals surface area contributed by atoms with E-state index in [1.165, 1.54) is 6.92 Å². The van der Waals surface area contributed by atoms with Crippen molar-refractivity contribution in [2.45, 2.75) is 6.92 Å². The lowest BCUT2D eigenvalue weighted by Crippen LogP contribution is -2.39. The lowest BCUT2D eigenvalue weighted by atomic mass is 10.2. The molecule has 0 aliphatic carbocycles. The zero-order chi connectivity index (χ0) is 11.6. The molecule has 1 fully saturated rings. The molecule has 1 unspecified atom stereocenters. The number of halogens is 1. The Morgan fingerprint density at radius 1 is 1.47 bits per heavy atom. The lowest BCUT2D eigenvalue weighted by molar-refractivity contribution is -0.129. The summed E-state index contributed by atoms with van der Waals surface area (Å²) in [6, 6.07) is 0.964. The summed E-state index contributed by atoms with van der Waals surface area (Å²) in [4.78, 5) is 35.2. The molecule has 0 aromatic heterocycles. The molecule has 0 radical (unpaired) electrons. The summed E-state index contributed by atoms with van der Waals surface area (Å²) in [5.74, 6) is -1.51. The molecule has 1 rings (SSSR count). The predicted octanol–water partition coefficient (Wildman–Crippen LogP) is 0.769. The molecule has 0 aromatic rings. The molecule has 1 aliphatic heterocycles. The number of carbonyl (C=O) groups is 3. The van der Waals surface area contributed by atoms with Crippen LogP contribution in [0, 0.1) is 17.2 Å². The van der Waals surface area contributed by atoms with E-state index in [0.29, 0.717) is 0 Å². The monoisotopic (exact) mass is 229 g/mol. The number of hydrogen-bond donors (Lipinski definition) is 0. The van der Waals surface area contributed by atoms with E-state index in [2.05, 4.69) is 0 Å². The summed E-state index contributed by atoms with van der Waals surface area (Å²) in [6.45, 7) is 1.55. The molecule has 7 heteroatoms. The Morgan fingerprint density at radius 3 is 2.40 bits per heavy atom. The molecule has 1 aliphatic rings. The Morgan fingerprint density at radius 2 is 2.00 bits per heavy atom. The van der Waals surface area contributed by atoms with Crippen molar-refractivity contribution in [2.24, 2.45) is 5.92 Å². The minimum absolute atomic E-state index is 0.0745. The summed E-state index contributed by atoms with van der Waals surface area (Å²) in [5, 5.41) is 7.59. The van der Waals surface area contributed by atoms with Gasteiger partial charge in [-0.15, -0.1) is 0 Å². The van der Waals surface area contributed by atoms with Gasteiger partial charge in [0.25, 0.3) is 0 Å². The summed E-state index contributed by atoms with van der Waals surface area (Å²) < 4.78 is 0. The van der Waals surface area contributed by atoms with Gasteiger partial charge in [0.1, 0.15) is 5.92 Å². The van der Waals surface area contributed by atoms with Crippen LogP contribution in [0.2, 0.25) is 0 Å². The standard InChI is InChI=1S/C8H8ClN3O3/c1-5(4-10)6(13)11-2-3-12(7(9)14)8(11)15/h5H,2-3H2,1H3. The largest absolute Gasteiger partial charge is 0.334 e.